The third-order valence-electron chi connectivity index (χ3n) is 6.41. The minimum Gasteiger partial charge on any atom is -0.369 e. The van der Waals surface area contributed by atoms with Gasteiger partial charge in [-0.15, -0.1) is 0 Å². The highest BCUT2D eigenvalue weighted by atomic mass is 19.4. The second kappa shape index (κ2) is 9.38. The van der Waals surface area contributed by atoms with E-state index in [1.807, 2.05) is 5.32 Å². The summed E-state index contributed by atoms with van der Waals surface area (Å²) in [5.74, 6) is -4.64. The number of rotatable bonds is 6. The Morgan fingerprint density at radius 2 is 1.80 bits per heavy atom. The highest BCUT2D eigenvalue weighted by molar-refractivity contribution is 6.07. The van der Waals surface area contributed by atoms with Gasteiger partial charge in [-0.1, -0.05) is 18.2 Å². The summed E-state index contributed by atoms with van der Waals surface area (Å²) in [6.07, 6.45) is -10.3. The maximum Gasteiger partial charge on any atom is 0.407 e. The highest BCUT2D eigenvalue weighted by Gasteiger charge is 2.63. The third-order valence-corrected chi connectivity index (χ3v) is 6.41. The molecule has 0 spiro atoms. The second-order valence-electron chi connectivity index (χ2n) is 9.11. The van der Waals surface area contributed by atoms with Crippen LogP contribution in [0.4, 0.5) is 46.8 Å². The number of carbonyl (C=O) groups excluding carboxylic acids is 1. The van der Waals surface area contributed by atoms with E-state index in [4.69, 9.17) is 0 Å². The molecule has 5 rings (SSSR count). The van der Waals surface area contributed by atoms with Gasteiger partial charge in [-0.3, -0.25) is 4.79 Å². The number of nitrogens with zero attached hydrogens (tertiary/aromatic N) is 5. The summed E-state index contributed by atoms with van der Waals surface area (Å²) in [4.78, 5) is 24.5. The number of nitrogens with one attached hydrogen (secondary N) is 2. The summed E-state index contributed by atoms with van der Waals surface area (Å²) < 4.78 is 110. The number of pyridine rings is 1. The van der Waals surface area contributed by atoms with Crippen LogP contribution in [-0.4, -0.2) is 49.5 Å². The molecule has 1 aromatic carbocycles. The smallest absolute Gasteiger partial charge is 0.369 e. The molecule has 1 unspecified atom stereocenters. The Balaban J connectivity index is 1.68. The molecule has 1 amide bonds. The van der Waals surface area contributed by atoms with Crippen LogP contribution in [0.1, 0.15) is 24.5 Å². The number of fused-ring (bicyclic) bond motifs is 2. The quantitative estimate of drug-likeness (QED) is 0.303. The third kappa shape index (κ3) is 4.66. The monoisotopic (exact) mass is 571 g/mol. The van der Waals surface area contributed by atoms with Crippen LogP contribution in [-0.2, 0) is 16.8 Å². The van der Waals surface area contributed by atoms with Gasteiger partial charge in [0, 0.05) is 12.1 Å². The Morgan fingerprint density at radius 3 is 2.48 bits per heavy atom. The number of benzene rings is 1. The molecule has 0 aliphatic carbocycles. The number of hydrogen-bond acceptors (Lipinski definition) is 6. The van der Waals surface area contributed by atoms with E-state index in [1.165, 1.54) is 22.9 Å². The second-order valence-corrected chi connectivity index (χ2v) is 9.11. The molecule has 2 N–H and O–H groups in total. The largest absolute Gasteiger partial charge is 0.407 e. The predicted octanol–water partition coefficient (Wildman–Crippen LogP) is 5.35. The molecule has 40 heavy (non-hydrogen) atoms. The summed E-state index contributed by atoms with van der Waals surface area (Å²) in [6, 6.07) is 6.70. The zero-order chi connectivity index (χ0) is 29.0. The normalized spacial score (nSPS) is 17.3. The molecule has 0 radical (unpaired) electrons. The van der Waals surface area contributed by atoms with E-state index >= 15 is 0 Å². The summed E-state index contributed by atoms with van der Waals surface area (Å²) >= 11 is 0. The highest BCUT2D eigenvalue weighted by Crippen LogP contribution is 2.50. The van der Waals surface area contributed by atoms with Crippen LogP contribution >= 0.6 is 0 Å². The van der Waals surface area contributed by atoms with Crippen molar-refractivity contribution in [3.05, 3.63) is 59.3 Å². The molecule has 0 saturated carbocycles. The number of amides is 1. The number of halogens is 8. The molecule has 4 heterocycles. The van der Waals surface area contributed by atoms with E-state index < -0.39 is 71.3 Å². The van der Waals surface area contributed by atoms with Gasteiger partial charge in [0.2, 0.25) is 5.91 Å². The van der Waals surface area contributed by atoms with Gasteiger partial charge in [-0.25, -0.2) is 28.4 Å². The van der Waals surface area contributed by atoms with Crippen molar-refractivity contribution in [1.29, 1.82) is 0 Å². The van der Waals surface area contributed by atoms with Crippen molar-refractivity contribution in [2.45, 2.75) is 37.7 Å². The maximum atomic E-state index is 14.3. The lowest BCUT2D eigenvalue weighted by molar-refractivity contribution is -0.186. The van der Waals surface area contributed by atoms with E-state index in [-0.39, 0.29) is 28.8 Å². The van der Waals surface area contributed by atoms with Gasteiger partial charge in [0.25, 0.3) is 0 Å². The molecule has 0 saturated heterocycles. The van der Waals surface area contributed by atoms with Gasteiger partial charge in [0.1, 0.15) is 29.0 Å². The van der Waals surface area contributed by atoms with Crippen molar-refractivity contribution < 1.29 is 39.9 Å². The molecule has 1 atom stereocenters. The van der Waals surface area contributed by atoms with Crippen molar-refractivity contribution in [3.8, 4) is 11.5 Å². The van der Waals surface area contributed by atoms with Gasteiger partial charge in [-0.05, 0) is 19.1 Å². The number of alkyl halides is 6. The summed E-state index contributed by atoms with van der Waals surface area (Å²) in [5.41, 5.74) is -3.96. The molecular formula is C24H17F8N7O. The molecule has 210 valence electrons. The van der Waals surface area contributed by atoms with Crippen LogP contribution in [0, 0.1) is 11.6 Å². The maximum absolute atomic E-state index is 14.3. The van der Waals surface area contributed by atoms with Crippen molar-refractivity contribution in [2.75, 3.05) is 17.2 Å². The Labute approximate surface area is 219 Å². The van der Waals surface area contributed by atoms with E-state index in [2.05, 4.69) is 25.4 Å². The fourth-order valence-electron chi connectivity index (χ4n) is 4.30. The van der Waals surface area contributed by atoms with Crippen LogP contribution in [0.5, 0.6) is 0 Å². The molecule has 0 fully saturated rings. The van der Waals surface area contributed by atoms with Crippen molar-refractivity contribution in [3.63, 3.8) is 0 Å². The van der Waals surface area contributed by atoms with Crippen LogP contribution in [0.2, 0.25) is 0 Å². The van der Waals surface area contributed by atoms with Crippen LogP contribution in [0.25, 0.3) is 22.6 Å². The first-order valence-electron chi connectivity index (χ1n) is 11.6. The number of anilines is 2. The average molecular weight is 571 g/mol. The first-order chi connectivity index (χ1) is 18.7. The lowest BCUT2D eigenvalue weighted by Crippen LogP contribution is -2.45. The molecule has 16 heteroatoms. The first kappa shape index (κ1) is 27.2. The van der Waals surface area contributed by atoms with E-state index in [0.29, 0.717) is 6.92 Å². The van der Waals surface area contributed by atoms with Gasteiger partial charge in [0.05, 0.1) is 30.1 Å². The van der Waals surface area contributed by atoms with Crippen molar-refractivity contribution in [2.24, 2.45) is 0 Å². The summed E-state index contributed by atoms with van der Waals surface area (Å²) in [5, 5.41) is 8.52. The zero-order valence-electron chi connectivity index (χ0n) is 20.3. The van der Waals surface area contributed by atoms with Crippen molar-refractivity contribution >= 4 is 28.6 Å². The van der Waals surface area contributed by atoms with E-state index in [1.54, 1.807) is 6.07 Å². The lowest BCUT2D eigenvalue weighted by Gasteiger charge is -2.26. The minimum absolute atomic E-state index is 0.0135. The fourth-order valence-corrected chi connectivity index (χ4v) is 4.30. The molecule has 8 nitrogen and oxygen atoms in total. The number of aromatic nitrogens is 5. The van der Waals surface area contributed by atoms with Crippen LogP contribution in [0.3, 0.4) is 0 Å². The van der Waals surface area contributed by atoms with E-state index in [9.17, 15) is 39.9 Å². The standard InChI is InChI=1S/C24H17F8N7O/c1-22(24(30,31)32)15-17(33-7-6-23(27,28)29)35-19(36-18(15)37-21(22)40)16-13-8-12(25)9-34-20(13)39(38-16)10-11-4-2-3-5-14(11)26/h2-5,8-9H,6-7,10H2,1H3,(H2,33,35,36,37,40). The number of hydrogen-bond donors (Lipinski definition) is 2. The van der Waals surface area contributed by atoms with Gasteiger partial charge >= 0.3 is 12.4 Å². The number of carbonyl (C=O) groups is 1. The zero-order valence-corrected chi connectivity index (χ0v) is 20.3. The minimum atomic E-state index is -5.16. The molecule has 1 aliphatic heterocycles. The Kier molecular flexibility index (Phi) is 6.38. The molecule has 0 bridgehead atoms. The summed E-state index contributed by atoms with van der Waals surface area (Å²) in [6.45, 7) is -0.497. The van der Waals surface area contributed by atoms with Crippen molar-refractivity contribution in [1.82, 2.24) is 24.7 Å². The topological polar surface area (TPSA) is 97.6 Å². The van der Waals surface area contributed by atoms with E-state index in [0.717, 1.165) is 12.3 Å². The Bertz CT molecular complexity index is 1630. The molecule has 4 aromatic rings. The fraction of sp³-hybridized carbons (Fsp3) is 0.292. The predicted molar refractivity (Wildman–Crippen MR) is 125 cm³/mol. The average Bonchev–Trinajstić information content (AvgIpc) is 3.34. The van der Waals surface area contributed by atoms with Crippen LogP contribution in [0.15, 0.2) is 36.5 Å². The van der Waals surface area contributed by atoms with Gasteiger partial charge < -0.3 is 10.6 Å². The Morgan fingerprint density at radius 1 is 1.07 bits per heavy atom. The van der Waals surface area contributed by atoms with Gasteiger partial charge in [0.15, 0.2) is 16.9 Å². The SMILES string of the molecule is CC1(C(F)(F)F)C(=O)Nc2nc(-c3nn(Cc4ccccc4F)c4ncc(F)cc34)nc(NCCC(F)(F)F)c21. The first-order valence-corrected chi connectivity index (χ1v) is 11.6. The lowest BCUT2D eigenvalue weighted by atomic mass is 9.83. The van der Waals surface area contributed by atoms with Gasteiger partial charge in [-0.2, -0.15) is 31.4 Å². The molecule has 3 aromatic heterocycles. The van der Waals surface area contributed by atoms with Crippen LogP contribution < -0.4 is 10.6 Å². The Hall–Kier alpha value is -4.37. The summed E-state index contributed by atoms with van der Waals surface area (Å²) in [7, 11) is 0. The molecule has 1 aliphatic rings. The molecular weight excluding hydrogens is 554 g/mol.